The van der Waals surface area contributed by atoms with Gasteiger partial charge in [0.05, 0.1) is 0 Å². The molecular weight excluding hydrogens is 277 g/mol. The van der Waals surface area contributed by atoms with Gasteiger partial charge in [0.25, 0.3) is 5.35 Å². The standard InChI is InChI=1S/C12H9Cl2NO3/c1-6(11(16)17)10-9(15-12(14)18-10)7-2-4-8(13)5-3-7/h2-6H,1H3,(H,16,17). The third-order valence-electron chi connectivity index (χ3n) is 2.51. The van der Waals surface area contributed by atoms with Gasteiger partial charge in [-0.25, -0.2) is 0 Å². The van der Waals surface area contributed by atoms with Crippen molar-refractivity contribution in [3.8, 4) is 11.3 Å². The fourth-order valence-corrected chi connectivity index (χ4v) is 1.82. The van der Waals surface area contributed by atoms with Gasteiger partial charge in [0.2, 0.25) is 0 Å². The zero-order valence-corrected chi connectivity index (χ0v) is 10.9. The Balaban J connectivity index is 2.50. The summed E-state index contributed by atoms with van der Waals surface area (Å²) in [6.07, 6.45) is 0. The molecule has 1 atom stereocenters. The normalized spacial score (nSPS) is 12.4. The minimum Gasteiger partial charge on any atom is -0.481 e. The number of carboxylic acid groups (broad SMARTS) is 1. The molecule has 2 aromatic rings. The largest absolute Gasteiger partial charge is 0.481 e. The first-order chi connectivity index (χ1) is 8.49. The van der Waals surface area contributed by atoms with Crippen molar-refractivity contribution in [1.82, 2.24) is 4.98 Å². The van der Waals surface area contributed by atoms with Crippen LogP contribution in [-0.2, 0) is 4.79 Å². The number of hydrogen-bond donors (Lipinski definition) is 1. The van der Waals surface area contributed by atoms with Crippen molar-refractivity contribution in [3.05, 3.63) is 40.4 Å². The lowest BCUT2D eigenvalue weighted by Crippen LogP contribution is -2.07. The second-order valence-corrected chi connectivity index (χ2v) is 4.51. The van der Waals surface area contributed by atoms with Crippen LogP contribution in [0.15, 0.2) is 28.7 Å². The van der Waals surface area contributed by atoms with Gasteiger partial charge >= 0.3 is 5.97 Å². The van der Waals surface area contributed by atoms with E-state index in [9.17, 15) is 4.79 Å². The molecule has 4 nitrogen and oxygen atoms in total. The first-order valence-corrected chi connectivity index (χ1v) is 5.89. The van der Waals surface area contributed by atoms with E-state index in [-0.39, 0.29) is 11.1 Å². The number of benzene rings is 1. The minimum absolute atomic E-state index is 0.0805. The molecule has 0 amide bonds. The average Bonchev–Trinajstić information content (AvgIpc) is 2.71. The Bertz CT molecular complexity index is 578. The van der Waals surface area contributed by atoms with E-state index in [0.29, 0.717) is 16.3 Å². The first-order valence-electron chi connectivity index (χ1n) is 5.14. The Morgan fingerprint density at radius 2 is 1.94 bits per heavy atom. The van der Waals surface area contributed by atoms with Crippen molar-refractivity contribution in [2.75, 3.05) is 0 Å². The van der Waals surface area contributed by atoms with Crippen LogP contribution in [0.2, 0.25) is 10.4 Å². The zero-order valence-electron chi connectivity index (χ0n) is 9.35. The van der Waals surface area contributed by atoms with E-state index in [0.717, 1.165) is 0 Å². The van der Waals surface area contributed by atoms with Gasteiger partial charge in [0, 0.05) is 10.6 Å². The van der Waals surface area contributed by atoms with Crippen LogP contribution in [0.5, 0.6) is 0 Å². The molecule has 0 radical (unpaired) electrons. The molecule has 0 spiro atoms. The minimum atomic E-state index is -1.00. The SMILES string of the molecule is CC(C(=O)O)c1oc(Cl)nc1-c1ccc(Cl)cc1. The third kappa shape index (κ3) is 2.49. The number of rotatable bonds is 3. The molecule has 6 heteroatoms. The fourth-order valence-electron chi connectivity index (χ4n) is 1.53. The van der Waals surface area contributed by atoms with Crippen molar-refractivity contribution < 1.29 is 14.3 Å². The maximum atomic E-state index is 11.0. The average molecular weight is 286 g/mol. The monoisotopic (exact) mass is 285 g/mol. The van der Waals surface area contributed by atoms with E-state index >= 15 is 0 Å². The molecule has 1 aromatic carbocycles. The summed E-state index contributed by atoms with van der Waals surface area (Å²) in [6, 6.07) is 6.84. The van der Waals surface area contributed by atoms with Crippen molar-refractivity contribution in [2.24, 2.45) is 0 Å². The van der Waals surface area contributed by atoms with Gasteiger partial charge in [-0.05, 0) is 30.7 Å². The number of carboxylic acids is 1. The van der Waals surface area contributed by atoms with Gasteiger partial charge < -0.3 is 9.52 Å². The number of hydrogen-bond acceptors (Lipinski definition) is 3. The third-order valence-corrected chi connectivity index (χ3v) is 2.92. The number of oxazole rings is 1. The number of nitrogens with zero attached hydrogens (tertiary/aromatic N) is 1. The molecule has 1 heterocycles. The molecule has 0 aliphatic heterocycles. The summed E-state index contributed by atoms with van der Waals surface area (Å²) in [7, 11) is 0. The maximum Gasteiger partial charge on any atom is 0.314 e. The van der Waals surface area contributed by atoms with Gasteiger partial charge in [0.1, 0.15) is 17.4 Å². The highest BCUT2D eigenvalue weighted by Gasteiger charge is 2.24. The molecule has 0 saturated carbocycles. The topological polar surface area (TPSA) is 63.3 Å². The van der Waals surface area contributed by atoms with E-state index in [1.807, 2.05) is 0 Å². The lowest BCUT2D eigenvalue weighted by atomic mass is 10.0. The molecule has 1 N–H and O–H groups in total. The van der Waals surface area contributed by atoms with E-state index in [1.165, 1.54) is 6.92 Å². The smallest absolute Gasteiger partial charge is 0.314 e. The number of carbonyl (C=O) groups is 1. The second kappa shape index (κ2) is 5.00. The van der Waals surface area contributed by atoms with Crippen LogP contribution in [0.4, 0.5) is 0 Å². The Labute approximate surface area is 113 Å². The molecule has 0 saturated heterocycles. The summed E-state index contributed by atoms with van der Waals surface area (Å²) in [5.41, 5.74) is 1.13. The van der Waals surface area contributed by atoms with Gasteiger partial charge in [-0.3, -0.25) is 4.79 Å². The predicted molar refractivity (Wildman–Crippen MR) is 68.0 cm³/mol. The summed E-state index contributed by atoms with van der Waals surface area (Å²) in [5, 5.41) is 9.51. The number of halogens is 2. The Morgan fingerprint density at radius 1 is 1.33 bits per heavy atom. The molecule has 2 rings (SSSR count). The lowest BCUT2D eigenvalue weighted by Gasteiger charge is -2.05. The Hall–Kier alpha value is -1.52. The van der Waals surface area contributed by atoms with E-state index < -0.39 is 11.9 Å². The lowest BCUT2D eigenvalue weighted by molar-refractivity contribution is -0.138. The Kier molecular flexibility index (Phi) is 3.59. The van der Waals surface area contributed by atoms with Gasteiger partial charge in [-0.2, -0.15) is 4.98 Å². The molecule has 0 aliphatic carbocycles. The van der Waals surface area contributed by atoms with E-state index in [4.69, 9.17) is 32.7 Å². The van der Waals surface area contributed by atoms with Crippen LogP contribution in [0.1, 0.15) is 18.6 Å². The summed E-state index contributed by atoms with van der Waals surface area (Å²) >= 11 is 11.5. The number of aliphatic carboxylic acids is 1. The summed E-state index contributed by atoms with van der Waals surface area (Å²) in [4.78, 5) is 15.0. The second-order valence-electron chi connectivity index (χ2n) is 3.75. The highest BCUT2D eigenvalue weighted by Crippen LogP contribution is 2.32. The summed E-state index contributed by atoms with van der Waals surface area (Å²) < 4.78 is 5.16. The highest BCUT2D eigenvalue weighted by molar-refractivity contribution is 6.30. The van der Waals surface area contributed by atoms with Crippen LogP contribution in [-0.4, -0.2) is 16.1 Å². The van der Waals surface area contributed by atoms with Crippen molar-refractivity contribution in [2.45, 2.75) is 12.8 Å². The molecule has 1 unspecified atom stereocenters. The highest BCUT2D eigenvalue weighted by atomic mass is 35.5. The van der Waals surface area contributed by atoms with Gasteiger partial charge in [0.15, 0.2) is 0 Å². The van der Waals surface area contributed by atoms with Crippen LogP contribution in [0, 0.1) is 0 Å². The quantitative estimate of drug-likeness (QED) is 0.931. The van der Waals surface area contributed by atoms with Crippen molar-refractivity contribution >= 4 is 29.2 Å². The fraction of sp³-hybridized carbons (Fsp3) is 0.167. The molecule has 94 valence electrons. The maximum absolute atomic E-state index is 11.0. The molecule has 18 heavy (non-hydrogen) atoms. The van der Waals surface area contributed by atoms with Crippen LogP contribution in [0.25, 0.3) is 11.3 Å². The van der Waals surface area contributed by atoms with Crippen LogP contribution in [0.3, 0.4) is 0 Å². The van der Waals surface area contributed by atoms with Gasteiger partial charge in [-0.1, -0.05) is 23.7 Å². The number of aromatic nitrogens is 1. The predicted octanol–water partition coefficient (Wildman–Crippen LogP) is 3.84. The summed E-state index contributed by atoms with van der Waals surface area (Å²) in [5.74, 6) is -1.59. The molecule has 1 aromatic heterocycles. The molecule has 0 aliphatic rings. The molecule has 0 bridgehead atoms. The van der Waals surface area contributed by atoms with Gasteiger partial charge in [-0.15, -0.1) is 0 Å². The van der Waals surface area contributed by atoms with Crippen molar-refractivity contribution in [3.63, 3.8) is 0 Å². The molecule has 0 fully saturated rings. The first kappa shape index (κ1) is 12.9. The van der Waals surface area contributed by atoms with Crippen LogP contribution < -0.4 is 0 Å². The zero-order chi connectivity index (χ0) is 13.3. The van der Waals surface area contributed by atoms with E-state index in [1.54, 1.807) is 24.3 Å². The molecular formula is C12H9Cl2NO3. The summed E-state index contributed by atoms with van der Waals surface area (Å²) in [6.45, 7) is 1.51. The van der Waals surface area contributed by atoms with Crippen LogP contribution >= 0.6 is 23.2 Å². The van der Waals surface area contributed by atoms with E-state index in [2.05, 4.69) is 4.98 Å². The van der Waals surface area contributed by atoms with Crippen molar-refractivity contribution in [1.29, 1.82) is 0 Å². The Morgan fingerprint density at radius 3 is 2.50 bits per heavy atom.